The molecule has 1 aromatic rings. The van der Waals surface area contributed by atoms with E-state index in [0.717, 1.165) is 18.9 Å². The largest absolute Gasteiger partial charge is 0.487 e. The lowest BCUT2D eigenvalue weighted by Crippen LogP contribution is -2.32. The van der Waals surface area contributed by atoms with Crippen molar-refractivity contribution in [3.8, 4) is 5.75 Å². The second kappa shape index (κ2) is 12.1. The van der Waals surface area contributed by atoms with E-state index >= 15 is 0 Å². The van der Waals surface area contributed by atoms with E-state index in [2.05, 4.69) is 0 Å². The second-order valence-corrected chi connectivity index (χ2v) is 9.51. The minimum atomic E-state index is -1.11. The molecule has 1 saturated heterocycles. The molecule has 9 heteroatoms. The Balaban J connectivity index is 1.52. The van der Waals surface area contributed by atoms with Gasteiger partial charge in [0.1, 0.15) is 12.7 Å². The molecule has 1 aliphatic heterocycles. The first kappa shape index (κ1) is 26.5. The van der Waals surface area contributed by atoms with E-state index < -0.39 is 35.9 Å². The summed E-state index contributed by atoms with van der Waals surface area (Å²) in [5.74, 6) is -3.64. The number of aliphatic hydroxyl groups is 2. The fourth-order valence-electron chi connectivity index (χ4n) is 4.72. The number of hydrogen-bond donors (Lipinski definition) is 3. The number of carbonyl (C=O) groups is 1. The molecule has 2 aliphatic rings. The molecule has 1 saturated carbocycles. The number of fused-ring (bicyclic) bond motifs is 1. The maximum absolute atomic E-state index is 13.7. The third-order valence-corrected chi connectivity index (χ3v) is 6.59. The van der Waals surface area contributed by atoms with Crippen LogP contribution in [0.5, 0.6) is 5.75 Å². The van der Waals surface area contributed by atoms with Crippen molar-refractivity contribution in [3.63, 3.8) is 0 Å². The average molecular weight is 485 g/mol. The Morgan fingerprint density at radius 3 is 2.76 bits per heavy atom. The Kier molecular flexibility index (Phi) is 9.41. The number of aliphatic hydroxyl groups excluding tert-OH is 2. The normalized spacial score (nSPS) is 29.1. The maximum Gasteiger partial charge on any atom is 0.333 e. The zero-order chi connectivity index (χ0) is 24.8. The van der Waals surface area contributed by atoms with Crippen LogP contribution in [0.3, 0.4) is 0 Å². The summed E-state index contributed by atoms with van der Waals surface area (Å²) >= 11 is 0. The van der Waals surface area contributed by atoms with Crippen molar-refractivity contribution in [2.24, 2.45) is 23.7 Å². The standard InChI is InChI=1S/C25H34F2O7/c1-14(2)24(25(30)31)34-12-15-6-8-18-17(20(29)10-22(18)32-11-15)9-7-16(28)13-33-21-5-3-4-19(26)23(21)27/h3-5,7,9,14-18,20,22,24,28-29H,6,8,10-13H2,1-2H3,(H,30,31)/b9-7+/t15-,16-,17-,18-,20-,22+,24?/m1/s1. The predicted octanol–water partition coefficient (Wildman–Crippen LogP) is 3.18. The molecule has 7 nitrogen and oxygen atoms in total. The van der Waals surface area contributed by atoms with Crippen molar-refractivity contribution in [3.05, 3.63) is 42.0 Å². The molecule has 2 fully saturated rings. The number of carboxylic acid groups (broad SMARTS) is 1. The summed E-state index contributed by atoms with van der Waals surface area (Å²) in [6, 6.07) is 3.58. The minimum Gasteiger partial charge on any atom is -0.487 e. The molecule has 1 aliphatic carbocycles. The number of halogens is 2. The van der Waals surface area contributed by atoms with Gasteiger partial charge < -0.3 is 29.5 Å². The van der Waals surface area contributed by atoms with Gasteiger partial charge in [-0.25, -0.2) is 9.18 Å². The predicted molar refractivity (Wildman–Crippen MR) is 119 cm³/mol. The number of benzene rings is 1. The Morgan fingerprint density at radius 2 is 2.06 bits per heavy atom. The van der Waals surface area contributed by atoms with Crippen LogP contribution < -0.4 is 4.74 Å². The van der Waals surface area contributed by atoms with E-state index in [4.69, 9.17) is 14.2 Å². The molecule has 34 heavy (non-hydrogen) atoms. The minimum absolute atomic E-state index is 0.0467. The van der Waals surface area contributed by atoms with Crippen LogP contribution in [0, 0.1) is 35.3 Å². The summed E-state index contributed by atoms with van der Waals surface area (Å²) in [6.07, 6.45) is 2.57. The van der Waals surface area contributed by atoms with Crippen LogP contribution in [0.1, 0.15) is 33.1 Å². The van der Waals surface area contributed by atoms with E-state index in [9.17, 15) is 28.9 Å². The van der Waals surface area contributed by atoms with E-state index in [-0.39, 0.29) is 42.1 Å². The summed E-state index contributed by atoms with van der Waals surface area (Å²) in [5.41, 5.74) is 0. The summed E-state index contributed by atoms with van der Waals surface area (Å²) < 4.78 is 43.8. The SMILES string of the molecule is CC(C)C(OC[C@@H]1CC[C@@H]2[C@@H](/C=C/[C@@H](O)COc3cccc(F)c3F)[C@H](O)C[C@@H]2OC1)C(=O)O. The van der Waals surface area contributed by atoms with Crippen LogP contribution in [0.2, 0.25) is 0 Å². The van der Waals surface area contributed by atoms with Gasteiger partial charge in [0.25, 0.3) is 0 Å². The van der Waals surface area contributed by atoms with Gasteiger partial charge in [-0.2, -0.15) is 4.39 Å². The van der Waals surface area contributed by atoms with Gasteiger partial charge in [0.2, 0.25) is 5.82 Å². The molecular formula is C25H34F2O7. The third kappa shape index (κ3) is 6.75. The van der Waals surface area contributed by atoms with Crippen LogP contribution >= 0.6 is 0 Å². The van der Waals surface area contributed by atoms with Crippen molar-refractivity contribution in [1.82, 2.24) is 0 Å². The molecule has 3 N–H and O–H groups in total. The lowest BCUT2D eigenvalue weighted by molar-refractivity contribution is -0.155. The van der Waals surface area contributed by atoms with E-state index in [1.54, 1.807) is 19.9 Å². The topological polar surface area (TPSA) is 105 Å². The van der Waals surface area contributed by atoms with E-state index in [1.807, 2.05) is 0 Å². The average Bonchev–Trinajstić information content (AvgIpc) is 2.94. The van der Waals surface area contributed by atoms with Crippen LogP contribution in [-0.4, -0.2) is 65.5 Å². The van der Waals surface area contributed by atoms with E-state index in [1.165, 1.54) is 18.2 Å². The van der Waals surface area contributed by atoms with Gasteiger partial charge in [0.05, 0.1) is 25.4 Å². The molecule has 0 bridgehead atoms. The number of aliphatic carboxylic acids is 1. The summed E-state index contributed by atoms with van der Waals surface area (Å²) in [7, 11) is 0. The monoisotopic (exact) mass is 484 g/mol. The Morgan fingerprint density at radius 1 is 1.29 bits per heavy atom. The van der Waals surface area contributed by atoms with Crippen LogP contribution in [0.4, 0.5) is 8.78 Å². The van der Waals surface area contributed by atoms with Gasteiger partial charge in [-0.05, 0) is 36.8 Å². The van der Waals surface area contributed by atoms with Crippen molar-refractivity contribution in [2.75, 3.05) is 19.8 Å². The smallest absolute Gasteiger partial charge is 0.333 e. The highest BCUT2D eigenvalue weighted by Gasteiger charge is 2.43. The highest BCUT2D eigenvalue weighted by molar-refractivity contribution is 5.72. The first-order chi connectivity index (χ1) is 16.2. The van der Waals surface area contributed by atoms with Gasteiger partial charge in [-0.1, -0.05) is 32.1 Å². The van der Waals surface area contributed by atoms with Crippen LogP contribution in [0.25, 0.3) is 0 Å². The van der Waals surface area contributed by atoms with Gasteiger partial charge in [-0.15, -0.1) is 0 Å². The van der Waals surface area contributed by atoms with Gasteiger partial charge in [0.15, 0.2) is 17.7 Å². The quantitative estimate of drug-likeness (QED) is 0.438. The fraction of sp³-hybridized carbons (Fsp3) is 0.640. The lowest BCUT2D eigenvalue weighted by Gasteiger charge is -2.22. The molecule has 0 radical (unpaired) electrons. The molecule has 1 aromatic carbocycles. The van der Waals surface area contributed by atoms with Gasteiger partial charge in [-0.3, -0.25) is 0 Å². The molecule has 0 spiro atoms. The Labute approximate surface area is 198 Å². The van der Waals surface area contributed by atoms with Crippen molar-refractivity contribution < 1.29 is 43.1 Å². The molecule has 1 unspecified atom stereocenters. The third-order valence-electron chi connectivity index (χ3n) is 6.59. The molecule has 0 aromatic heterocycles. The summed E-state index contributed by atoms with van der Waals surface area (Å²) in [4.78, 5) is 11.3. The molecule has 1 heterocycles. The van der Waals surface area contributed by atoms with Crippen molar-refractivity contribution in [1.29, 1.82) is 0 Å². The van der Waals surface area contributed by atoms with Gasteiger partial charge >= 0.3 is 5.97 Å². The first-order valence-corrected chi connectivity index (χ1v) is 11.7. The molecule has 7 atom stereocenters. The first-order valence-electron chi connectivity index (χ1n) is 11.7. The zero-order valence-corrected chi connectivity index (χ0v) is 19.5. The fourth-order valence-corrected chi connectivity index (χ4v) is 4.72. The maximum atomic E-state index is 13.7. The lowest BCUT2D eigenvalue weighted by atomic mass is 9.87. The van der Waals surface area contributed by atoms with Crippen molar-refractivity contribution >= 4 is 5.97 Å². The molecular weight excluding hydrogens is 450 g/mol. The molecule has 0 amide bonds. The Bertz CT molecular complexity index is 847. The Hall–Kier alpha value is -2.07. The number of ether oxygens (including phenoxy) is 3. The van der Waals surface area contributed by atoms with Crippen LogP contribution in [-0.2, 0) is 14.3 Å². The van der Waals surface area contributed by atoms with E-state index in [0.29, 0.717) is 19.6 Å². The van der Waals surface area contributed by atoms with Crippen molar-refractivity contribution in [2.45, 2.75) is 57.5 Å². The highest BCUT2D eigenvalue weighted by atomic mass is 19.2. The number of hydrogen-bond acceptors (Lipinski definition) is 6. The van der Waals surface area contributed by atoms with Crippen LogP contribution in [0.15, 0.2) is 30.4 Å². The zero-order valence-electron chi connectivity index (χ0n) is 19.5. The highest BCUT2D eigenvalue weighted by Crippen LogP contribution is 2.41. The summed E-state index contributed by atoms with van der Waals surface area (Å²) in [6.45, 7) is 4.08. The molecule has 190 valence electrons. The summed E-state index contributed by atoms with van der Waals surface area (Å²) in [5, 5.41) is 30.1. The number of carboxylic acids is 1. The number of rotatable bonds is 10. The molecule has 3 rings (SSSR count). The second-order valence-electron chi connectivity index (χ2n) is 9.51. The van der Waals surface area contributed by atoms with Gasteiger partial charge in [0, 0.05) is 18.3 Å².